The van der Waals surface area contributed by atoms with Crippen molar-refractivity contribution >= 4 is 17.9 Å². The number of hydrogen-bond donors (Lipinski definition) is 12. The number of carbonyl (C=O) groups is 3. The Bertz CT molecular complexity index is 2330. The van der Waals surface area contributed by atoms with Crippen LogP contribution in [0.15, 0.2) is 23.3 Å². The van der Waals surface area contributed by atoms with Gasteiger partial charge >= 0.3 is 17.9 Å². The lowest BCUT2D eigenvalue weighted by molar-refractivity contribution is -0.374. The highest BCUT2D eigenvalue weighted by Gasteiger charge is 2.76. The predicted molar refractivity (Wildman–Crippen MR) is 288 cm³/mol. The molecular formula is C59H96O23. The van der Waals surface area contributed by atoms with E-state index in [9.17, 15) is 75.7 Å². The van der Waals surface area contributed by atoms with E-state index in [1.165, 1.54) is 6.42 Å². The van der Waals surface area contributed by atoms with Gasteiger partial charge in [0.25, 0.3) is 0 Å². The van der Waals surface area contributed by atoms with E-state index in [0.717, 1.165) is 38.4 Å². The van der Waals surface area contributed by atoms with Crippen LogP contribution in [-0.2, 0) is 52.3 Å². The molecule has 0 spiro atoms. The molecule has 0 aromatic heterocycles. The van der Waals surface area contributed by atoms with Gasteiger partial charge in [-0.2, -0.15) is 0 Å². The first-order valence-corrected chi connectivity index (χ1v) is 29.3. The molecule has 23 heteroatoms. The number of ether oxygens (including phenoxy) is 8. The van der Waals surface area contributed by atoms with Crippen molar-refractivity contribution in [2.24, 2.45) is 62.1 Å². The molecule has 9 unspecified atom stereocenters. The molecular weight excluding hydrogens is 1080 g/mol. The second kappa shape index (κ2) is 24.8. The minimum atomic E-state index is -1.97. The zero-order chi connectivity index (χ0) is 61.3. The molecule has 12 N–H and O–H groups in total. The van der Waals surface area contributed by atoms with Gasteiger partial charge in [-0.1, -0.05) is 87.0 Å². The predicted octanol–water partition coefficient (Wildman–Crippen LogP) is 1.23. The van der Waals surface area contributed by atoms with Gasteiger partial charge < -0.3 is 99.2 Å². The van der Waals surface area contributed by atoms with Crippen molar-refractivity contribution < 1.29 is 114 Å². The number of aliphatic carboxylic acids is 1. The number of rotatable bonds is 14. The van der Waals surface area contributed by atoms with E-state index in [1.807, 2.05) is 20.8 Å². The van der Waals surface area contributed by atoms with Crippen LogP contribution in [0.4, 0.5) is 0 Å². The van der Waals surface area contributed by atoms with Crippen molar-refractivity contribution in [3.63, 3.8) is 0 Å². The Morgan fingerprint density at radius 2 is 1.32 bits per heavy atom. The number of esters is 2. The van der Waals surface area contributed by atoms with Crippen LogP contribution in [-0.4, -0.2) is 217 Å². The number of allylic oxidation sites excluding steroid dienone is 2. The van der Waals surface area contributed by atoms with Crippen molar-refractivity contribution in [2.45, 2.75) is 238 Å². The number of aliphatic hydroxyl groups is 11. The Hall–Kier alpha value is -2.79. The molecule has 7 fully saturated rings. The summed E-state index contributed by atoms with van der Waals surface area (Å²) in [6.07, 6.45) is -18.0. The summed E-state index contributed by atoms with van der Waals surface area (Å²) in [6, 6.07) is 0. The Labute approximate surface area is 480 Å². The van der Waals surface area contributed by atoms with Gasteiger partial charge in [-0.15, -0.1) is 0 Å². The summed E-state index contributed by atoms with van der Waals surface area (Å²) in [5.41, 5.74) is -1.43. The van der Waals surface area contributed by atoms with Gasteiger partial charge in [0.2, 0.25) is 0 Å². The number of carboxylic acids is 1. The van der Waals surface area contributed by atoms with Crippen molar-refractivity contribution in [3.8, 4) is 0 Å². The monoisotopic (exact) mass is 1170 g/mol. The number of carbonyl (C=O) groups excluding carboxylic acids is 2. The fourth-order valence-corrected chi connectivity index (χ4v) is 16.1. The molecule has 27 atom stereocenters. The van der Waals surface area contributed by atoms with Crippen LogP contribution in [0.25, 0.3) is 0 Å². The van der Waals surface area contributed by atoms with E-state index in [4.69, 9.17) is 37.9 Å². The summed E-state index contributed by atoms with van der Waals surface area (Å²) in [4.78, 5) is 37.9. The topological polar surface area (TPSA) is 368 Å². The molecule has 4 saturated carbocycles. The van der Waals surface area contributed by atoms with E-state index in [2.05, 4.69) is 47.6 Å². The first-order valence-electron chi connectivity index (χ1n) is 29.3. The summed E-state index contributed by atoms with van der Waals surface area (Å²) in [7, 11) is 1.11. The summed E-state index contributed by atoms with van der Waals surface area (Å²) < 4.78 is 44.0. The number of hydrogen-bond acceptors (Lipinski definition) is 22. The molecule has 0 amide bonds. The molecule has 8 aliphatic rings. The van der Waals surface area contributed by atoms with Crippen LogP contribution < -0.4 is 0 Å². The van der Waals surface area contributed by atoms with Gasteiger partial charge in [0.1, 0.15) is 79.9 Å². The maximum atomic E-state index is 13.2. The van der Waals surface area contributed by atoms with Crippen LogP contribution in [0.2, 0.25) is 0 Å². The molecule has 0 bridgehead atoms. The lowest BCUT2D eigenvalue weighted by atomic mass is 9.32. The highest BCUT2D eigenvalue weighted by atomic mass is 16.8. The molecule has 23 nitrogen and oxygen atoms in total. The SMILES string of the molecule is C/C=C(/C)C(=O)O[C@H]1[C@H](O)[C@@]2(COC(=O)C(C)CC)C(CC1(C)C)C1=CCC3[C@@]4(C)CC[C@H](C)C(C)(C)C4CC[C@@]3(C)[C@]1(C)[C@@H](O)[C@H]2O.CO[C@@H]1OC(C(=O)O)[C@@H](O)[C@@H](O[C@@H]2O[C@@H](CO)C(O)[C@@H]2O)C1O[C@@H]1OC(CO)[C@H](O)[C@@H](O)C1O. The Kier molecular flexibility index (Phi) is 20.2. The lowest BCUT2D eigenvalue weighted by Crippen LogP contribution is -2.76. The van der Waals surface area contributed by atoms with E-state index in [1.54, 1.807) is 26.8 Å². The molecule has 82 heavy (non-hydrogen) atoms. The number of fused-ring (bicyclic) bond motifs is 7. The molecule has 3 heterocycles. The van der Waals surface area contributed by atoms with Crippen LogP contribution >= 0.6 is 0 Å². The smallest absolute Gasteiger partial charge is 0.335 e. The quantitative estimate of drug-likeness (QED) is 0.0661. The summed E-state index contributed by atoms with van der Waals surface area (Å²) in [5, 5.41) is 127. The molecule has 0 aromatic carbocycles. The van der Waals surface area contributed by atoms with Gasteiger partial charge in [0.15, 0.2) is 25.0 Å². The Morgan fingerprint density at radius 3 is 1.87 bits per heavy atom. The number of aliphatic hydroxyl groups excluding tert-OH is 11. The molecule has 0 radical (unpaired) electrons. The van der Waals surface area contributed by atoms with E-state index in [0.29, 0.717) is 36.2 Å². The molecule has 5 aliphatic carbocycles. The third-order valence-electron chi connectivity index (χ3n) is 22.2. The van der Waals surface area contributed by atoms with Gasteiger partial charge in [0, 0.05) is 23.5 Å². The average molecular weight is 1170 g/mol. The second-order valence-electron chi connectivity index (χ2n) is 26.9. The first-order chi connectivity index (χ1) is 38.2. The van der Waals surface area contributed by atoms with Crippen LogP contribution in [0, 0.1) is 62.1 Å². The molecule has 3 saturated heterocycles. The average Bonchev–Trinajstić information content (AvgIpc) is 0.748. The summed E-state index contributed by atoms with van der Waals surface area (Å²) >= 11 is 0. The molecule has 470 valence electrons. The maximum Gasteiger partial charge on any atom is 0.335 e. The van der Waals surface area contributed by atoms with Crippen LogP contribution in [0.5, 0.6) is 0 Å². The first kappa shape index (κ1) is 66.7. The van der Waals surface area contributed by atoms with Gasteiger partial charge in [-0.3, -0.25) is 4.79 Å². The summed E-state index contributed by atoms with van der Waals surface area (Å²) in [6.45, 7) is 23.8. The Morgan fingerprint density at radius 1 is 0.744 bits per heavy atom. The van der Waals surface area contributed by atoms with Gasteiger partial charge in [-0.25, -0.2) is 9.59 Å². The minimum absolute atomic E-state index is 0.0916. The van der Waals surface area contributed by atoms with Crippen molar-refractivity contribution in [3.05, 3.63) is 23.3 Å². The van der Waals surface area contributed by atoms with E-state index < -0.39 is 164 Å². The second-order valence-corrected chi connectivity index (χ2v) is 26.9. The Balaban J connectivity index is 0.000000251. The van der Waals surface area contributed by atoms with Crippen molar-refractivity contribution in [1.29, 1.82) is 0 Å². The molecule has 3 aliphatic heterocycles. The lowest BCUT2D eigenvalue weighted by Gasteiger charge is -2.73. The fourth-order valence-electron chi connectivity index (χ4n) is 16.1. The zero-order valence-electron chi connectivity index (χ0n) is 49.9. The zero-order valence-corrected chi connectivity index (χ0v) is 49.9. The molecule has 8 rings (SSSR count). The van der Waals surface area contributed by atoms with E-state index in [-0.39, 0.29) is 28.8 Å². The van der Waals surface area contributed by atoms with Crippen molar-refractivity contribution in [2.75, 3.05) is 26.9 Å². The highest BCUT2D eigenvalue weighted by Crippen LogP contribution is 2.76. The van der Waals surface area contributed by atoms with Gasteiger partial charge in [0.05, 0.1) is 36.8 Å². The largest absolute Gasteiger partial charge is 0.479 e. The highest BCUT2D eigenvalue weighted by molar-refractivity contribution is 5.87. The molecule has 0 aromatic rings. The standard InChI is InChI=1S/C41H66O7.C18H30O16/c1-13-23(3)34(45)47-22-41-27(21-36(6,7)33(32(41)44)48-35(46)24(4)14-2)26-15-16-29-38(10)19-17-25(5)37(8,9)28(38)18-20-39(29,11)40(26,12)30(42)31(41)43;1-29-18-14(34-17-10(25)8(23)6(21)4(2-19)30-17)12(11(26)13(33-18)15(27)28)32-16-9(24)7(22)5(3-20)31-16/h14-15,23,25,27-33,42-44H,13,16-22H2,1-12H3;4-14,16-26H,2-3H2,1H3,(H,27,28)/b24-14-;/t23?,25-,27?,28?,29?,30-,31+,32-,33-,38-,39+,40-,41-;4?,5-,6-,7?,8+,9-,10?,11-,12+,13?,14?,16-,17-,18+/m00/s1. The van der Waals surface area contributed by atoms with Crippen molar-refractivity contribution in [1.82, 2.24) is 0 Å². The fraction of sp³-hybridized carbons (Fsp3) is 0.881. The van der Waals surface area contributed by atoms with Crippen LogP contribution in [0.3, 0.4) is 0 Å². The maximum absolute atomic E-state index is 13.2. The number of methoxy groups -OCH3 is 1. The third kappa shape index (κ3) is 11.0. The van der Waals surface area contributed by atoms with Crippen LogP contribution in [0.1, 0.15) is 128 Å². The minimum Gasteiger partial charge on any atom is -0.479 e. The third-order valence-corrected chi connectivity index (χ3v) is 22.2. The number of carboxylic acid groups (broad SMARTS) is 1. The van der Waals surface area contributed by atoms with E-state index >= 15 is 0 Å². The van der Waals surface area contributed by atoms with Gasteiger partial charge in [-0.05, 0) is 98.7 Å². The normalized spacial score (nSPS) is 48.1. The summed E-state index contributed by atoms with van der Waals surface area (Å²) in [5.74, 6) is -1.75.